The summed E-state index contributed by atoms with van der Waals surface area (Å²) in [6, 6.07) is 5.75. The van der Waals surface area contributed by atoms with E-state index in [1.54, 1.807) is 7.11 Å². The van der Waals surface area contributed by atoms with Crippen LogP contribution in [0.2, 0.25) is 0 Å². The number of nitrogens with one attached hydrogen (secondary N) is 1. The van der Waals surface area contributed by atoms with E-state index in [0.29, 0.717) is 12.8 Å². The van der Waals surface area contributed by atoms with Crippen LogP contribution >= 0.6 is 15.9 Å². The lowest BCUT2D eigenvalue weighted by Crippen LogP contribution is -2.45. The number of carbonyl (C=O) groups is 1. The van der Waals surface area contributed by atoms with Gasteiger partial charge < -0.3 is 15.2 Å². The Morgan fingerprint density at radius 1 is 1.43 bits per heavy atom. The van der Waals surface area contributed by atoms with Crippen LogP contribution in [0.25, 0.3) is 0 Å². The second kappa shape index (κ2) is 7.80. The number of hydrogen-bond donors (Lipinski definition) is 2. The van der Waals surface area contributed by atoms with Crippen LogP contribution in [0.4, 0.5) is 0 Å². The lowest BCUT2D eigenvalue weighted by atomic mass is 9.92. The predicted octanol–water partition coefficient (Wildman–Crippen LogP) is 2.81. The van der Waals surface area contributed by atoms with Crippen molar-refractivity contribution in [2.75, 3.05) is 7.11 Å². The van der Waals surface area contributed by atoms with Crippen molar-refractivity contribution in [3.63, 3.8) is 0 Å². The quantitative estimate of drug-likeness (QED) is 0.853. The number of methoxy groups -OCH3 is 1. The molecular formula is C16H22BrNO3. The van der Waals surface area contributed by atoms with Crippen molar-refractivity contribution >= 4 is 21.8 Å². The zero-order valence-corrected chi connectivity index (χ0v) is 13.9. The second-order valence-electron chi connectivity index (χ2n) is 5.49. The predicted molar refractivity (Wildman–Crippen MR) is 85.4 cm³/mol. The molecule has 0 spiro atoms. The molecule has 4 nitrogen and oxygen atoms in total. The smallest absolute Gasteiger partial charge is 0.220 e. The fourth-order valence-electron chi connectivity index (χ4n) is 2.68. The van der Waals surface area contributed by atoms with E-state index < -0.39 is 6.10 Å². The van der Waals surface area contributed by atoms with E-state index in [1.165, 1.54) is 0 Å². The molecular weight excluding hydrogens is 334 g/mol. The lowest BCUT2D eigenvalue weighted by Gasteiger charge is -2.28. The highest BCUT2D eigenvalue weighted by atomic mass is 79.9. The van der Waals surface area contributed by atoms with Gasteiger partial charge in [-0.2, -0.15) is 0 Å². The van der Waals surface area contributed by atoms with Gasteiger partial charge in [-0.15, -0.1) is 0 Å². The highest BCUT2D eigenvalue weighted by Gasteiger charge is 2.24. The van der Waals surface area contributed by atoms with Crippen LogP contribution in [0.1, 0.15) is 37.7 Å². The number of ether oxygens (including phenoxy) is 1. The van der Waals surface area contributed by atoms with Crippen LogP contribution < -0.4 is 10.1 Å². The molecule has 1 saturated carbocycles. The van der Waals surface area contributed by atoms with Crippen molar-refractivity contribution in [1.82, 2.24) is 5.32 Å². The molecule has 0 saturated heterocycles. The zero-order valence-electron chi connectivity index (χ0n) is 12.3. The number of halogens is 1. The van der Waals surface area contributed by atoms with Gasteiger partial charge in [-0.3, -0.25) is 4.79 Å². The van der Waals surface area contributed by atoms with Gasteiger partial charge in [0.1, 0.15) is 5.75 Å². The molecule has 0 unspecified atom stereocenters. The summed E-state index contributed by atoms with van der Waals surface area (Å²) in [5, 5.41) is 12.8. The van der Waals surface area contributed by atoms with Crippen molar-refractivity contribution < 1.29 is 14.6 Å². The Hall–Kier alpha value is -1.07. The summed E-state index contributed by atoms with van der Waals surface area (Å²) in [7, 11) is 1.63. The van der Waals surface area contributed by atoms with Gasteiger partial charge in [0.15, 0.2) is 0 Å². The fourth-order valence-corrected chi connectivity index (χ4v) is 3.27. The number of hydrogen-bond acceptors (Lipinski definition) is 3. The fraction of sp³-hybridized carbons (Fsp3) is 0.562. The monoisotopic (exact) mass is 355 g/mol. The molecule has 1 aliphatic carbocycles. The van der Waals surface area contributed by atoms with E-state index in [-0.39, 0.29) is 11.9 Å². The Kier molecular flexibility index (Phi) is 6.06. The van der Waals surface area contributed by atoms with Gasteiger partial charge in [-0.1, -0.05) is 18.9 Å². The molecule has 0 aromatic heterocycles. The minimum Gasteiger partial charge on any atom is -0.496 e. The highest BCUT2D eigenvalue weighted by Crippen LogP contribution is 2.26. The summed E-state index contributed by atoms with van der Waals surface area (Å²) < 4.78 is 6.08. The van der Waals surface area contributed by atoms with E-state index in [9.17, 15) is 9.90 Å². The molecule has 2 N–H and O–H groups in total. The molecule has 1 aromatic carbocycles. The summed E-state index contributed by atoms with van der Waals surface area (Å²) in [4.78, 5) is 12.0. The Morgan fingerprint density at radius 2 is 2.19 bits per heavy atom. The van der Waals surface area contributed by atoms with Crippen LogP contribution in [-0.2, 0) is 11.2 Å². The molecule has 1 aliphatic rings. The third-order valence-corrected chi connectivity index (χ3v) is 4.55. The molecule has 2 rings (SSSR count). The Morgan fingerprint density at radius 3 is 2.86 bits per heavy atom. The first-order chi connectivity index (χ1) is 10.1. The van der Waals surface area contributed by atoms with Crippen molar-refractivity contribution in [2.24, 2.45) is 0 Å². The number of rotatable bonds is 5. The number of aliphatic hydroxyl groups excluding tert-OH is 1. The number of aliphatic hydroxyl groups is 1. The standard InChI is InChI=1S/C16H22BrNO3/c1-21-15-8-6-11(10-12(15)17)7-9-16(20)18-13-4-2-3-5-14(13)19/h6,8,10,13-14,19H,2-5,7,9H2,1H3,(H,18,20)/t13-,14-/m0/s1. The summed E-state index contributed by atoms with van der Waals surface area (Å²) in [5.74, 6) is 0.793. The van der Waals surface area contributed by atoms with Crippen LogP contribution in [0.15, 0.2) is 22.7 Å². The first kappa shape index (κ1) is 16.3. The topological polar surface area (TPSA) is 58.6 Å². The first-order valence-electron chi connectivity index (χ1n) is 7.40. The van der Waals surface area contributed by atoms with Gasteiger partial charge in [0.2, 0.25) is 5.91 Å². The molecule has 1 fully saturated rings. The molecule has 21 heavy (non-hydrogen) atoms. The molecule has 2 atom stereocenters. The summed E-state index contributed by atoms with van der Waals surface area (Å²) in [6.07, 6.45) is 4.51. The lowest BCUT2D eigenvalue weighted by molar-refractivity contribution is -0.123. The highest BCUT2D eigenvalue weighted by molar-refractivity contribution is 9.10. The van der Waals surface area contributed by atoms with Crippen molar-refractivity contribution in [3.05, 3.63) is 28.2 Å². The van der Waals surface area contributed by atoms with E-state index >= 15 is 0 Å². The summed E-state index contributed by atoms with van der Waals surface area (Å²) >= 11 is 3.44. The maximum atomic E-state index is 12.0. The molecule has 0 heterocycles. The second-order valence-corrected chi connectivity index (χ2v) is 6.35. The Bertz CT molecular complexity index is 492. The third kappa shape index (κ3) is 4.71. The van der Waals surface area contributed by atoms with Crippen molar-refractivity contribution in [2.45, 2.75) is 50.7 Å². The van der Waals surface area contributed by atoms with Gasteiger partial charge in [0.25, 0.3) is 0 Å². The molecule has 1 aromatic rings. The summed E-state index contributed by atoms with van der Waals surface area (Å²) in [6.45, 7) is 0. The van der Waals surface area contributed by atoms with Gasteiger partial charge >= 0.3 is 0 Å². The number of benzene rings is 1. The van der Waals surface area contributed by atoms with Crippen molar-refractivity contribution in [3.8, 4) is 5.75 Å². The maximum Gasteiger partial charge on any atom is 0.220 e. The molecule has 1 amide bonds. The van der Waals surface area contributed by atoms with Gasteiger partial charge in [-0.05, 0) is 52.9 Å². The van der Waals surface area contributed by atoms with Crippen LogP contribution in [-0.4, -0.2) is 30.3 Å². The van der Waals surface area contributed by atoms with Gasteiger partial charge in [0.05, 0.1) is 23.7 Å². The zero-order chi connectivity index (χ0) is 15.2. The maximum absolute atomic E-state index is 12.0. The Balaban J connectivity index is 1.82. The van der Waals surface area contributed by atoms with Gasteiger partial charge in [0, 0.05) is 6.42 Å². The number of aryl methyl sites for hydroxylation is 1. The Labute approximate surface area is 134 Å². The molecule has 0 radical (unpaired) electrons. The average molecular weight is 356 g/mol. The normalized spacial score (nSPS) is 21.9. The largest absolute Gasteiger partial charge is 0.496 e. The van der Waals surface area contributed by atoms with Crippen molar-refractivity contribution in [1.29, 1.82) is 0 Å². The van der Waals surface area contributed by atoms with E-state index in [2.05, 4.69) is 21.2 Å². The SMILES string of the molecule is COc1ccc(CCC(=O)N[C@H]2CCCC[C@@H]2O)cc1Br. The number of amides is 1. The third-order valence-electron chi connectivity index (χ3n) is 3.93. The van der Waals surface area contributed by atoms with Gasteiger partial charge in [-0.25, -0.2) is 0 Å². The van der Waals surface area contributed by atoms with Crippen LogP contribution in [0.3, 0.4) is 0 Å². The minimum atomic E-state index is -0.391. The first-order valence-corrected chi connectivity index (χ1v) is 8.19. The average Bonchev–Trinajstić information content (AvgIpc) is 2.48. The summed E-state index contributed by atoms with van der Waals surface area (Å²) in [5.41, 5.74) is 1.09. The van der Waals surface area contributed by atoms with E-state index in [4.69, 9.17) is 4.74 Å². The minimum absolute atomic E-state index is 0.00731. The molecule has 0 bridgehead atoms. The molecule has 5 heteroatoms. The van der Waals surface area contributed by atoms with E-state index in [1.807, 2.05) is 18.2 Å². The molecule has 0 aliphatic heterocycles. The van der Waals surface area contributed by atoms with E-state index in [0.717, 1.165) is 41.5 Å². The number of carbonyl (C=O) groups excluding carboxylic acids is 1. The van der Waals surface area contributed by atoms with Crippen LogP contribution in [0.5, 0.6) is 5.75 Å². The molecule has 116 valence electrons. The van der Waals surface area contributed by atoms with Crippen LogP contribution in [0, 0.1) is 0 Å².